The number of epoxide rings is 1. The fourth-order valence-corrected chi connectivity index (χ4v) is 4.90. The minimum absolute atomic E-state index is 0.126. The Labute approximate surface area is 162 Å². The molecule has 0 spiro atoms. The molecule has 14 heteroatoms. The second-order valence-corrected chi connectivity index (χ2v) is 9.10. The monoisotopic (exact) mass is 446 g/mol. The number of hydrogen-bond acceptors (Lipinski definition) is 9. The van der Waals surface area contributed by atoms with Crippen molar-refractivity contribution in [1.82, 2.24) is 0 Å². The SMILES string of the molecule is CC(CS(=O)(=O)O)(OC(=O)C1C2OC3C(OC(=O)C31)C2OCC1CO1)C(F)(F)F. The highest BCUT2D eigenvalue weighted by Gasteiger charge is 2.72. The predicted molar refractivity (Wildman–Crippen MR) is 82.0 cm³/mol. The van der Waals surface area contributed by atoms with Gasteiger partial charge >= 0.3 is 18.1 Å². The standard InChI is InChI=1S/C15H17F3O10S/c1-14(15(16,17)18,4-29(21,22)23)28-13(20)7-6-9-11(27-12(6)19)10(8(7)26-9)25-3-5-2-24-5/h5-11H,2-4H2,1H3,(H,21,22,23). The van der Waals surface area contributed by atoms with Crippen molar-refractivity contribution < 1.29 is 59.4 Å². The van der Waals surface area contributed by atoms with Gasteiger partial charge in [0.1, 0.15) is 42.0 Å². The van der Waals surface area contributed by atoms with Crippen LogP contribution >= 0.6 is 0 Å². The number of carbonyl (C=O) groups excluding carboxylic acids is 2. The van der Waals surface area contributed by atoms with Crippen LogP contribution in [-0.2, 0) is 43.4 Å². The van der Waals surface area contributed by atoms with E-state index in [2.05, 4.69) is 4.74 Å². The van der Waals surface area contributed by atoms with Crippen LogP contribution in [0.25, 0.3) is 0 Å². The maximum absolute atomic E-state index is 13.4. The van der Waals surface area contributed by atoms with E-state index in [-0.39, 0.29) is 12.7 Å². The molecular weight excluding hydrogens is 429 g/mol. The maximum atomic E-state index is 13.4. The van der Waals surface area contributed by atoms with E-state index in [1.54, 1.807) is 0 Å². The zero-order valence-corrected chi connectivity index (χ0v) is 15.6. The van der Waals surface area contributed by atoms with E-state index in [0.717, 1.165) is 0 Å². The summed E-state index contributed by atoms with van der Waals surface area (Å²) in [6.45, 7) is 0.918. The Morgan fingerprint density at radius 1 is 1.28 bits per heavy atom. The van der Waals surface area contributed by atoms with Gasteiger partial charge in [0.2, 0.25) is 5.60 Å². The first-order chi connectivity index (χ1) is 13.3. The lowest BCUT2D eigenvalue weighted by atomic mass is 9.78. The number of hydrogen-bond donors (Lipinski definition) is 1. The van der Waals surface area contributed by atoms with Crippen molar-refractivity contribution in [2.75, 3.05) is 19.0 Å². The fraction of sp³-hybridized carbons (Fsp3) is 0.867. The minimum Gasteiger partial charge on any atom is -0.456 e. The summed E-state index contributed by atoms with van der Waals surface area (Å²) >= 11 is 0. The van der Waals surface area contributed by atoms with Crippen molar-refractivity contribution in [3.05, 3.63) is 0 Å². The molecule has 4 fully saturated rings. The van der Waals surface area contributed by atoms with Gasteiger partial charge in [-0.3, -0.25) is 14.1 Å². The van der Waals surface area contributed by atoms with E-state index in [4.69, 9.17) is 23.5 Å². The molecule has 4 rings (SSSR count). The molecule has 2 bridgehead atoms. The summed E-state index contributed by atoms with van der Waals surface area (Å²) in [5.74, 6) is -6.87. The molecule has 0 aromatic rings. The molecule has 0 radical (unpaired) electrons. The number of ether oxygens (including phenoxy) is 5. The van der Waals surface area contributed by atoms with Gasteiger partial charge < -0.3 is 23.7 Å². The van der Waals surface area contributed by atoms with E-state index >= 15 is 0 Å². The zero-order chi connectivity index (χ0) is 21.4. The van der Waals surface area contributed by atoms with Crippen molar-refractivity contribution in [2.45, 2.75) is 49.2 Å². The molecule has 8 unspecified atom stereocenters. The van der Waals surface area contributed by atoms with Crippen LogP contribution in [0.15, 0.2) is 0 Å². The van der Waals surface area contributed by atoms with E-state index in [1.165, 1.54) is 0 Å². The Bertz CT molecular complexity index is 825. The van der Waals surface area contributed by atoms with Crippen molar-refractivity contribution in [2.24, 2.45) is 11.8 Å². The number of esters is 2. The van der Waals surface area contributed by atoms with Crippen molar-refractivity contribution in [1.29, 1.82) is 0 Å². The van der Waals surface area contributed by atoms with Gasteiger partial charge in [-0.1, -0.05) is 0 Å². The second kappa shape index (κ2) is 6.51. The average molecular weight is 446 g/mol. The van der Waals surface area contributed by atoms with Crippen molar-refractivity contribution in [3.8, 4) is 0 Å². The van der Waals surface area contributed by atoms with Gasteiger partial charge in [0.15, 0.2) is 6.10 Å². The lowest BCUT2D eigenvalue weighted by molar-refractivity contribution is -0.259. The zero-order valence-electron chi connectivity index (χ0n) is 14.8. The van der Waals surface area contributed by atoms with E-state index in [1.807, 2.05) is 0 Å². The third-order valence-corrected chi connectivity index (χ3v) is 6.35. The van der Waals surface area contributed by atoms with Gasteiger partial charge in [-0.2, -0.15) is 21.6 Å². The minimum atomic E-state index is -5.31. The molecule has 4 aliphatic rings. The summed E-state index contributed by atoms with van der Waals surface area (Å²) in [4.78, 5) is 24.8. The third-order valence-electron chi connectivity index (χ3n) is 5.44. The Balaban J connectivity index is 1.56. The van der Waals surface area contributed by atoms with Crippen LogP contribution in [0.3, 0.4) is 0 Å². The van der Waals surface area contributed by atoms with E-state index in [9.17, 15) is 31.2 Å². The summed E-state index contributed by atoms with van der Waals surface area (Å²) in [6, 6.07) is 0. The molecule has 4 saturated heterocycles. The highest BCUT2D eigenvalue weighted by Crippen LogP contribution is 2.52. The molecule has 10 nitrogen and oxygen atoms in total. The third kappa shape index (κ3) is 3.60. The molecular formula is C15H17F3O10S. The van der Waals surface area contributed by atoms with Gasteiger partial charge in [0.25, 0.3) is 10.1 Å². The molecule has 0 aromatic heterocycles. The van der Waals surface area contributed by atoms with Gasteiger partial charge in [-0.25, -0.2) is 0 Å². The van der Waals surface area contributed by atoms with Gasteiger partial charge in [0.05, 0.1) is 13.2 Å². The quantitative estimate of drug-likeness (QED) is 0.308. The van der Waals surface area contributed by atoms with Crippen LogP contribution in [0.4, 0.5) is 13.2 Å². The molecule has 4 aliphatic heterocycles. The Hall–Kier alpha value is -1.48. The number of alkyl halides is 3. The first kappa shape index (κ1) is 20.8. The molecule has 29 heavy (non-hydrogen) atoms. The molecule has 0 saturated carbocycles. The summed E-state index contributed by atoms with van der Waals surface area (Å²) < 4.78 is 97.1. The lowest BCUT2D eigenvalue weighted by Gasteiger charge is -2.33. The van der Waals surface area contributed by atoms with Crippen LogP contribution in [0.5, 0.6) is 0 Å². The predicted octanol–water partition coefficient (Wildman–Crippen LogP) is -0.539. The lowest BCUT2D eigenvalue weighted by Crippen LogP contribution is -2.54. The molecule has 4 heterocycles. The molecule has 0 aliphatic carbocycles. The summed E-state index contributed by atoms with van der Waals surface area (Å²) in [5, 5.41) is 0. The topological polar surface area (TPSA) is 138 Å². The summed E-state index contributed by atoms with van der Waals surface area (Å²) in [7, 11) is -5.15. The molecule has 0 aromatic carbocycles. The highest BCUT2D eigenvalue weighted by molar-refractivity contribution is 7.85. The first-order valence-electron chi connectivity index (χ1n) is 8.65. The van der Waals surface area contributed by atoms with Gasteiger partial charge in [-0.15, -0.1) is 0 Å². The Kier molecular flexibility index (Phi) is 4.66. The number of carbonyl (C=O) groups is 2. The summed E-state index contributed by atoms with van der Waals surface area (Å²) in [6.07, 6.45) is -9.15. The van der Waals surface area contributed by atoms with Crippen LogP contribution < -0.4 is 0 Å². The first-order valence-corrected chi connectivity index (χ1v) is 10.3. The Morgan fingerprint density at radius 3 is 2.48 bits per heavy atom. The highest BCUT2D eigenvalue weighted by atomic mass is 32.2. The molecule has 8 atom stereocenters. The van der Waals surface area contributed by atoms with E-state index in [0.29, 0.717) is 13.5 Å². The number of halogens is 3. The van der Waals surface area contributed by atoms with Crippen LogP contribution in [0.2, 0.25) is 0 Å². The van der Waals surface area contributed by atoms with Gasteiger partial charge in [0, 0.05) is 0 Å². The maximum Gasteiger partial charge on any atom is 0.429 e. The van der Waals surface area contributed by atoms with Crippen molar-refractivity contribution in [3.63, 3.8) is 0 Å². The molecule has 0 amide bonds. The number of rotatable bonds is 7. The van der Waals surface area contributed by atoms with Crippen LogP contribution in [0.1, 0.15) is 6.92 Å². The van der Waals surface area contributed by atoms with Crippen LogP contribution in [0, 0.1) is 11.8 Å². The molecule has 164 valence electrons. The van der Waals surface area contributed by atoms with Crippen LogP contribution in [-0.4, -0.2) is 86.2 Å². The normalized spacial score (nSPS) is 39.9. The smallest absolute Gasteiger partial charge is 0.429 e. The largest absolute Gasteiger partial charge is 0.456 e. The second-order valence-electron chi connectivity index (χ2n) is 7.65. The molecule has 1 N–H and O–H groups in total. The van der Waals surface area contributed by atoms with Gasteiger partial charge in [-0.05, 0) is 6.92 Å². The van der Waals surface area contributed by atoms with Crippen molar-refractivity contribution >= 4 is 22.1 Å². The Morgan fingerprint density at radius 2 is 1.93 bits per heavy atom. The van der Waals surface area contributed by atoms with E-state index < -0.39 is 75.8 Å². The summed E-state index contributed by atoms with van der Waals surface area (Å²) in [5.41, 5.74) is -3.53. The average Bonchev–Trinajstić information content (AvgIpc) is 3.12. The fourth-order valence-electron chi connectivity index (χ4n) is 3.98. The number of fused-ring (bicyclic) bond motifs is 1.